The molecule has 1 rings (SSSR count). The van der Waals surface area contributed by atoms with Crippen molar-refractivity contribution in [3.63, 3.8) is 0 Å². The van der Waals surface area contributed by atoms with Gasteiger partial charge >= 0.3 is 0 Å². The molecule has 0 heterocycles. The van der Waals surface area contributed by atoms with Gasteiger partial charge in [0, 0.05) is 19.1 Å². The molecule has 0 aliphatic heterocycles. The van der Waals surface area contributed by atoms with E-state index < -0.39 is 0 Å². The lowest BCUT2D eigenvalue weighted by Crippen LogP contribution is -2.30. The zero-order chi connectivity index (χ0) is 11.1. The first-order valence-corrected chi connectivity index (χ1v) is 5.83. The molecule has 84 valence electrons. The summed E-state index contributed by atoms with van der Waals surface area (Å²) in [5.74, 6) is 0. The van der Waals surface area contributed by atoms with Crippen molar-refractivity contribution in [1.29, 1.82) is 0 Å². The Kier molecular flexibility index (Phi) is 5.51. The molecule has 0 saturated heterocycles. The molecule has 1 atom stereocenters. The van der Waals surface area contributed by atoms with Gasteiger partial charge in [0.15, 0.2) is 0 Å². The average molecular weight is 227 g/mol. The van der Waals surface area contributed by atoms with Crippen LogP contribution >= 0.6 is 11.6 Å². The van der Waals surface area contributed by atoms with E-state index in [1.54, 1.807) is 0 Å². The second kappa shape index (κ2) is 6.70. The summed E-state index contributed by atoms with van der Waals surface area (Å²) in [6.07, 6.45) is 1.16. The SMILES string of the molecule is CCC(C)NCCNc1ccccc1Cl. The molecule has 0 aliphatic rings. The van der Waals surface area contributed by atoms with Crippen molar-refractivity contribution in [3.8, 4) is 0 Å². The zero-order valence-corrected chi connectivity index (χ0v) is 10.1. The minimum atomic E-state index is 0.582. The Labute approximate surface area is 97.0 Å². The van der Waals surface area contributed by atoms with E-state index in [-0.39, 0.29) is 0 Å². The normalized spacial score (nSPS) is 12.5. The smallest absolute Gasteiger partial charge is 0.0637 e. The van der Waals surface area contributed by atoms with E-state index in [1.165, 1.54) is 0 Å². The summed E-state index contributed by atoms with van der Waals surface area (Å²) in [5.41, 5.74) is 1.00. The van der Waals surface area contributed by atoms with Gasteiger partial charge in [-0.05, 0) is 25.5 Å². The summed E-state index contributed by atoms with van der Waals surface area (Å²) >= 11 is 6.01. The topological polar surface area (TPSA) is 24.1 Å². The summed E-state index contributed by atoms with van der Waals surface area (Å²) in [5, 5.41) is 7.49. The summed E-state index contributed by atoms with van der Waals surface area (Å²) in [7, 11) is 0. The predicted molar refractivity (Wildman–Crippen MR) is 67.7 cm³/mol. The molecule has 0 saturated carbocycles. The van der Waals surface area contributed by atoms with Crippen LogP contribution in [0.15, 0.2) is 24.3 Å². The van der Waals surface area contributed by atoms with E-state index in [2.05, 4.69) is 24.5 Å². The van der Waals surface area contributed by atoms with Crippen molar-refractivity contribution in [2.24, 2.45) is 0 Å². The summed E-state index contributed by atoms with van der Waals surface area (Å²) in [6, 6.07) is 8.39. The Bertz CT molecular complexity index is 289. The van der Waals surface area contributed by atoms with Crippen LogP contribution in [-0.2, 0) is 0 Å². The maximum Gasteiger partial charge on any atom is 0.0637 e. The molecule has 15 heavy (non-hydrogen) atoms. The largest absolute Gasteiger partial charge is 0.383 e. The van der Waals surface area contributed by atoms with Gasteiger partial charge in [-0.2, -0.15) is 0 Å². The lowest BCUT2D eigenvalue weighted by Gasteiger charge is -2.12. The highest BCUT2D eigenvalue weighted by Gasteiger charge is 1.98. The number of rotatable bonds is 6. The minimum absolute atomic E-state index is 0.582. The quantitative estimate of drug-likeness (QED) is 0.729. The van der Waals surface area contributed by atoms with Crippen molar-refractivity contribution >= 4 is 17.3 Å². The van der Waals surface area contributed by atoms with Gasteiger partial charge in [0.25, 0.3) is 0 Å². The third-order valence-electron chi connectivity index (χ3n) is 2.42. The molecule has 0 aromatic heterocycles. The van der Waals surface area contributed by atoms with Crippen LogP contribution in [0.2, 0.25) is 5.02 Å². The molecular weight excluding hydrogens is 208 g/mol. The lowest BCUT2D eigenvalue weighted by atomic mass is 10.2. The molecular formula is C12H19ClN2. The van der Waals surface area contributed by atoms with Gasteiger partial charge in [0.2, 0.25) is 0 Å². The zero-order valence-electron chi connectivity index (χ0n) is 9.39. The molecule has 3 heteroatoms. The summed E-state index contributed by atoms with van der Waals surface area (Å²) in [4.78, 5) is 0. The average Bonchev–Trinajstić information content (AvgIpc) is 2.26. The number of hydrogen-bond acceptors (Lipinski definition) is 2. The van der Waals surface area contributed by atoms with Crippen molar-refractivity contribution in [2.45, 2.75) is 26.3 Å². The standard InChI is InChI=1S/C12H19ClN2/c1-3-10(2)14-8-9-15-12-7-5-4-6-11(12)13/h4-7,10,14-15H,3,8-9H2,1-2H3. The van der Waals surface area contributed by atoms with Gasteiger partial charge in [-0.1, -0.05) is 30.7 Å². The first kappa shape index (κ1) is 12.3. The molecule has 0 spiro atoms. The molecule has 2 N–H and O–H groups in total. The van der Waals surface area contributed by atoms with Gasteiger partial charge < -0.3 is 10.6 Å². The Morgan fingerprint density at radius 1 is 1.27 bits per heavy atom. The second-order valence-corrected chi connectivity index (χ2v) is 4.08. The van der Waals surface area contributed by atoms with E-state index in [0.717, 1.165) is 30.2 Å². The fourth-order valence-corrected chi connectivity index (χ4v) is 1.47. The van der Waals surface area contributed by atoms with Crippen LogP contribution < -0.4 is 10.6 Å². The number of benzene rings is 1. The first-order chi connectivity index (χ1) is 7.24. The lowest BCUT2D eigenvalue weighted by molar-refractivity contribution is 0.546. The third kappa shape index (κ3) is 4.54. The predicted octanol–water partition coefficient (Wildman–Crippen LogP) is 3.14. The fourth-order valence-electron chi connectivity index (χ4n) is 1.26. The van der Waals surface area contributed by atoms with Crippen LogP contribution in [0.4, 0.5) is 5.69 Å². The van der Waals surface area contributed by atoms with Crippen molar-refractivity contribution in [3.05, 3.63) is 29.3 Å². The number of halogens is 1. The first-order valence-electron chi connectivity index (χ1n) is 5.45. The molecule has 1 aromatic carbocycles. The molecule has 0 fully saturated rings. The van der Waals surface area contributed by atoms with Gasteiger partial charge in [0.05, 0.1) is 10.7 Å². The Morgan fingerprint density at radius 3 is 2.67 bits per heavy atom. The number of nitrogens with one attached hydrogen (secondary N) is 2. The van der Waals surface area contributed by atoms with Gasteiger partial charge in [0.1, 0.15) is 0 Å². The van der Waals surface area contributed by atoms with Crippen LogP contribution in [0, 0.1) is 0 Å². The van der Waals surface area contributed by atoms with Crippen LogP contribution in [-0.4, -0.2) is 19.1 Å². The van der Waals surface area contributed by atoms with E-state index >= 15 is 0 Å². The maximum absolute atomic E-state index is 6.01. The monoisotopic (exact) mass is 226 g/mol. The molecule has 0 amide bonds. The second-order valence-electron chi connectivity index (χ2n) is 3.67. The molecule has 0 bridgehead atoms. The molecule has 0 aliphatic carbocycles. The van der Waals surface area contributed by atoms with E-state index in [9.17, 15) is 0 Å². The highest BCUT2D eigenvalue weighted by Crippen LogP contribution is 2.19. The Morgan fingerprint density at radius 2 is 2.00 bits per heavy atom. The highest BCUT2D eigenvalue weighted by molar-refractivity contribution is 6.33. The molecule has 0 radical (unpaired) electrons. The van der Waals surface area contributed by atoms with E-state index in [4.69, 9.17) is 11.6 Å². The molecule has 1 unspecified atom stereocenters. The van der Waals surface area contributed by atoms with Crippen molar-refractivity contribution in [1.82, 2.24) is 5.32 Å². The molecule has 2 nitrogen and oxygen atoms in total. The number of anilines is 1. The summed E-state index contributed by atoms with van der Waals surface area (Å²) in [6.45, 7) is 6.23. The van der Waals surface area contributed by atoms with Crippen LogP contribution in [0.3, 0.4) is 0 Å². The number of para-hydroxylation sites is 1. The van der Waals surface area contributed by atoms with Crippen LogP contribution in [0.25, 0.3) is 0 Å². The number of hydrogen-bond donors (Lipinski definition) is 2. The van der Waals surface area contributed by atoms with Crippen molar-refractivity contribution < 1.29 is 0 Å². The van der Waals surface area contributed by atoms with Crippen LogP contribution in [0.1, 0.15) is 20.3 Å². The van der Waals surface area contributed by atoms with Gasteiger partial charge in [-0.3, -0.25) is 0 Å². The maximum atomic E-state index is 6.01. The van der Waals surface area contributed by atoms with Gasteiger partial charge in [-0.25, -0.2) is 0 Å². The Hall–Kier alpha value is -0.730. The highest BCUT2D eigenvalue weighted by atomic mass is 35.5. The Balaban J connectivity index is 2.23. The van der Waals surface area contributed by atoms with Gasteiger partial charge in [-0.15, -0.1) is 0 Å². The third-order valence-corrected chi connectivity index (χ3v) is 2.75. The van der Waals surface area contributed by atoms with Crippen LogP contribution in [0.5, 0.6) is 0 Å². The van der Waals surface area contributed by atoms with Crippen molar-refractivity contribution in [2.75, 3.05) is 18.4 Å². The minimum Gasteiger partial charge on any atom is -0.383 e. The fraction of sp³-hybridized carbons (Fsp3) is 0.500. The van der Waals surface area contributed by atoms with E-state index in [0.29, 0.717) is 6.04 Å². The summed E-state index contributed by atoms with van der Waals surface area (Å²) < 4.78 is 0. The van der Waals surface area contributed by atoms with E-state index in [1.807, 2.05) is 24.3 Å². The molecule has 1 aromatic rings.